The van der Waals surface area contributed by atoms with Crippen molar-refractivity contribution in [2.75, 3.05) is 46.6 Å². The van der Waals surface area contributed by atoms with E-state index in [0.717, 1.165) is 72.4 Å². The van der Waals surface area contributed by atoms with Crippen LogP contribution in [-0.2, 0) is 27.3 Å². The van der Waals surface area contributed by atoms with Crippen LogP contribution in [0.15, 0.2) is 54.6 Å². The Balaban J connectivity index is 1.09. The highest BCUT2D eigenvalue weighted by molar-refractivity contribution is 6.37. The van der Waals surface area contributed by atoms with E-state index in [1.54, 1.807) is 7.11 Å². The molecule has 1 aliphatic heterocycles. The summed E-state index contributed by atoms with van der Waals surface area (Å²) >= 11 is 12.6. The highest BCUT2D eigenvalue weighted by Gasteiger charge is 2.44. The van der Waals surface area contributed by atoms with E-state index in [0.29, 0.717) is 61.7 Å². The Bertz CT molecular complexity index is 1640. The monoisotopic (exact) mass is 738 g/mol. The molecule has 3 aromatic carbocycles. The third-order valence-corrected chi connectivity index (χ3v) is 10.6. The van der Waals surface area contributed by atoms with Gasteiger partial charge in [0.05, 0.1) is 28.5 Å². The Morgan fingerprint density at radius 1 is 0.882 bits per heavy atom. The number of aryl methyl sites for hydroxylation is 2. The quantitative estimate of drug-likeness (QED) is 0.131. The second kappa shape index (κ2) is 17.3. The van der Waals surface area contributed by atoms with Crippen molar-refractivity contribution < 1.29 is 33.6 Å². The van der Waals surface area contributed by atoms with Crippen molar-refractivity contribution in [2.24, 2.45) is 17.8 Å². The SMILES string of the molecule is COCCCc1cc(CN(C(=O)[C@@H]2CNCC[C@H]2c2ccc(OCCOc3c(Cl)cc(C)cc3Cl)cc2)C2CC2)cc(OC[C@H]2C[C@@H]2C(=O)O)c1. The van der Waals surface area contributed by atoms with E-state index >= 15 is 0 Å². The van der Waals surface area contributed by atoms with Crippen molar-refractivity contribution in [2.45, 2.75) is 64.0 Å². The average molecular weight is 740 g/mol. The summed E-state index contributed by atoms with van der Waals surface area (Å²) in [5.74, 6) is 0.954. The molecule has 4 atom stereocenters. The lowest BCUT2D eigenvalue weighted by Gasteiger charge is -2.36. The Hall–Kier alpha value is -3.50. The number of hydrogen-bond acceptors (Lipinski definition) is 7. The van der Waals surface area contributed by atoms with Gasteiger partial charge >= 0.3 is 5.97 Å². The average Bonchev–Trinajstić information content (AvgIpc) is 4.05. The first-order chi connectivity index (χ1) is 24.7. The third kappa shape index (κ3) is 10.1. The number of ether oxygens (including phenoxy) is 4. The minimum Gasteiger partial charge on any atom is -0.493 e. The topological polar surface area (TPSA) is 107 Å². The zero-order chi connectivity index (χ0) is 35.9. The number of carboxylic acid groups (broad SMARTS) is 1. The number of nitrogens with zero attached hydrogens (tertiary/aromatic N) is 1. The molecule has 3 fully saturated rings. The summed E-state index contributed by atoms with van der Waals surface area (Å²) in [4.78, 5) is 27.8. The van der Waals surface area contributed by atoms with Crippen molar-refractivity contribution in [3.05, 3.63) is 86.9 Å². The molecule has 2 N–H and O–H groups in total. The number of nitrogens with one attached hydrogen (secondary N) is 1. The molecule has 0 aromatic heterocycles. The minimum atomic E-state index is -0.757. The molecule has 0 bridgehead atoms. The molecule has 1 amide bonds. The number of amides is 1. The number of carboxylic acids is 1. The number of methoxy groups -OCH3 is 1. The first-order valence-corrected chi connectivity index (χ1v) is 18.8. The Morgan fingerprint density at radius 2 is 1.61 bits per heavy atom. The number of hydrogen-bond donors (Lipinski definition) is 2. The van der Waals surface area contributed by atoms with Crippen LogP contribution in [-0.4, -0.2) is 74.6 Å². The molecule has 3 aromatic rings. The number of carbonyl (C=O) groups excluding carboxylic acids is 1. The highest BCUT2D eigenvalue weighted by Crippen LogP contribution is 2.40. The molecule has 0 radical (unpaired) electrons. The van der Waals surface area contributed by atoms with Crippen LogP contribution >= 0.6 is 23.2 Å². The van der Waals surface area contributed by atoms with Crippen molar-refractivity contribution in [3.8, 4) is 17.2 Å². The van der Waals surface area contributed by atoms with Gasteiger partial charge in [0.2, 0.25) is 5.91 Å². The molecule has 1 saturated heterocycles. The van der Waals surface area contributed by atoms with Crippen LogP contribution in [0.1, 0.15) is 60.3 Å². The summed E-state index contributed by atoms with van der Waals surface area (Å²) in [5, 5.41) is 13.7. The van der Waals surface area contributed by atoms with Gasteiger partial charge in [-0.1, -0.05) is 41.4 Å². The second-order valence-corrected chi connectivity index (χ2v) is 14.9. The van der Waals surface area contributed by atoms with Gasteiger partial charge in [0.25, 0.3) is 0 Å². The second-order valence-electron chi connectivity index (χ2n) is 14.1. The van der Waals surface area contributed by atoms with Gasteiger partial charge in [-0.2, -0.15) is 0 Å². The van der Waals surface area contributed by atoms with Crippen LogP contribution in [0, 0.1) is 24.7 Å². The predicted molar refractivity (Wildman–Crippen MR) is 197 cm³/mol. The van der Waals surface area contributed by atoms with Crippen LogP contribution in [0.2, 0.25) is 10.0 Å². The molecule has 274 valence electrons. The van der Waals surface area contributed by atoms with E-state index in [9.17, 15) is 14.7 Å². The van der Waals surface area contributed by atoms with Crippen LogP contribution in [0.4, 0.5) is 0 Å². The largest absolute Gasteiger partial charge is 0.493 e. The van der Waals surface area contributed by atoms with Gasteiger partial charge in [-0.25, -0.2) is 0 Å². The number of rotatable bonds is 18. The van der Waals surface area contributed by atoms with Gasteiger partial charge in [-0.3, -0.25) is 9.59 Å². The van der Waals surface area contributed by atoms with Crippen molar-refractivity contribution in [1.29, 1.82) is 0 Å². The van der Waals surface area contributed by atoms with Gasteiger partial charge in [-0.15, -0.1) is 0 Å². The molecular formula is C40H48Cl2N2O7. The van der Waals surface area contributed by atoms with E-state index in [1.807, 2.05) is 43.3 Å². The number of halogens is 2. The van der Waals surface area contributed by atoms with E-state index in [2.05, 4.69) is 28.4 Å². The van der Waals surface area contributed by atoms with Gasteiger partial charge in [-0.05, 0) is 117 Å². The first kappa shape index (κ1) is 37.3. The predicted octanol–water partition coefficient (Wildman–Crippen LogP) is 7.32. The summed E-state index contributed by atoms with van der Waals surface area (Å²) in [6.45, 7) is 5.58. The molecule has 11 heteroatoms. The van der Waals surface area contributed by atoms with Crippen molar-refractivity contribution in [1.82, 2.24) is 10.2 Å². The third-order valence-electron chi connectivity index (χ3n) is 10.0. The number of carbonyl (C=O) groups is 2. The lowest BCUT2D eigenvalue weighted by Crippen LogP contribution is -2.47. The molecule has 0 unspecified atom stereocenters. The van der Waals surface area contributed by atoms with E-state index < -0.39 is 5.97 Å². The van der Waals surface area contributed by atoms with Crippen LogP contribution in [0.3, 0.4) is 0 Å². The Morgan fingerprint density at radius 3 is 2.29 bits per heavy atom. The first-order valence-electron chi connectivity index (χ1n) is 18.0. The number of aliphatic carboxylic acids is 1. The van der Waals surface area contributed by atoms with Crippen molar-refractivity contribution >= 4 is 35.1 Å². The summed E-state index contributed by atoms with van der Waals surface area (Å²) in [6, 6.07) is 18.2. The van der Waals surface area contributed by atoms with Crippen LogP contribution in [0.5, 0.6) is 17.2 Å². The van der Waals surface area contributed by atoms with Crippen molar-refractivity contribution in [3.63, 3.8) is 0 Å². The molecule has 2 saturated carbocycles. The number of piperidine rings is 1. The highest BCUT2D eigenvalue weighted by atomic mass is 35.5. The fourth-order valence-electron chi connectivity index (χ4n) is 7.04. The fraction of sp³-hybridized carbons (Fsp3) is 0.500. The maximum Gasteiger partial charge on any atom is 0.306 e. The van der Waals surface area contributed by atoms with Gasteiger partial charge in [0.1, 0.15) is 24.7 Å². The maximum atomic E-state index is 14.4. The van der Waals surface area contributed by atoms with E-state index in [-0.39, 0.29) is 35.6 Å². The number of benzene rings is 3. The molecule has 2 aliphatic carbocycles. The molecule has 6 rings (SSSR count). The minimum absolute atomic E-state index is 0.0429. The molecule has 0 spiro atoms. The van der Waals surface area contributed by atoms with Crippen LogP contribution < -0.4 is 19.5 Å². The van der Waals surface area contributed by atoms with Crippen LogP contribution in [0.25, 0.3) is 0 Å². The molecule has 51 heavy (non-hydrogen) atoms. The van der Waals surface area contributed by atoms with Gasteiger partial charge in [0.15, 0.2) is 5.75 Å². The molecule has 1 heterocycles. The zero-order valence-corrected chi connectivity index (χ0v) is 30.9. The van der Waals surface area contributed by atoms with Gasteiger partial charge in [0, 0.05) is 38.8 Å². The summed E-state index contributed by atoms with van der Waals surface area (Å²) < 4.78 is 23.2. The molecular weight excluding hydrogens is 691 g/mol. The van der Waals surface area contributed by atoms with E-state index in [1.165, 1.54) is 0 Å². The summed E-state index contributed by atoms with van der Waals surface area (Å²) in [6.07, 6.45) is 5.23. The normalized spacial score (nSPS) is 21.2. The zero-order valence-electron chi connectivity index (χ0n) is 29.4. The smallest absolute Gasteiger partial charge is 0.306 e. The lowest BCUT2D eigenvalue weighted by molar-refractivity contribution is -0.139. The Kier molecular flexibility index (Phi) is 12.7. The lowest BCUT2D eigenvalue weighted by atomic mass is 9.80. The maximum absolute atomic E-state index is 14.4. The molecule has 9 nitrogen and oxygen atoms in total. The summed E-state index contributed by atoms with van der Waals surface area (Å²) in [5.41, 5.74) is 4.25. The Labute approximate surface area is 310 Å². The summed E-state index contributed by atoms with van der Waals surface area (Å²) in [7, 11) is 1.70. The van der Waals surface area contributed by atoms with E-state index in [4.69, 9.17) is 42.1 Å². The fourth-order valence-corrected chi connectivity index (χ4v) is 7.75. The molecule has 3 aliphatic rings. The van der Waals surface area contributed by atoms with Gasteiger partial charge < -0.3 is 34.3 Å². The standard InChI is InChI=1S/C40H48Cl2N2O7/c1-25-16-36(41)38(37(42)17-25)50-15-14-49-31-9-5-28(6-10-31)33-11-12-43-22-35(33)39(45)44(30-7-8-30)23-27-18-26(4-3-13-48-2)19-32(20-27)51-24-29-21-34(29)40(46)47/h5-6,9-10,16-20,29-30,33-35,43H,3-4,7-8,11-15,21-24H2,1-2H3,(H,46,47)/t29-,33+,34+,35-/m1/s1.